The number of rotatable bonds is 9. The van der Waals surface area contributed by atoms with Crippen LogP contribution in [0.25, 0.3) is 0 Å². The number of aliphatic hydroxyl groups is 1. The lowest BCUT2D eigenvalue weighted by Crippen LogP contribution is -2.32. The number of carbonyl (C=O) groups excluding carboxylic acids is 2. The van der Waals surface area contributed by atoms with Crippen molar-refractivity contribution in [3.63, 3.8) is 0 Å². The summed E-state index contributed by atoms with van der Waals surface area (Å²) in [7, 11) is 0. The quantitative estimate of drug-likeness (QED) is 0.432. The van der Waals surface area contributed by atoms with Gasteiger partial charge in [-0.2, -0.15) is 0 Å². The van der Waals surface area contributed by atoms with Crippen LogP contribution in [0, 0.1) is 13.8 Å². The summed E-state index contributed by atoms with van der Waals surface area (Å²) < 4.78 is 5.50. The molecular weight excluding hydrogens is 416 g/mol. The number of phenolic OH excluding ortho intramolecular Hbond substituents is 1. The number of aliphatic hydroxyl groups excluding tert-OH is 1. The molecule has 1 aromatic heterocycles. The zero-order valence-electron chi connectivity index (χ0n) is 18.3. The van der Waals surface area contributed by atoms with Crippen molar-refractivity contribution in [2.45, 2.75) is 53.0 Å². The molecular formula is C23H28N2O5S. The molecule has 0 bridgehead atoms. The van der Waals surface area contributed by atoms with Gasteiger partial charge in [-0.05, 0) is 44.9 Å². The number of aromatic nitrogens is 1. The molecule has 2 N–H and O–H groups in total. The van der Waals surface area contributed by atoms with Crippen molar-refractivity contribution in [3.05, 3.63) is 50.7 Å². The standard InChI is InChI=1S/C23H28N2O5S/c1-5-7-8-11-25-19(15-9-10-16(26)17(12-15)30-6-2)18(21(28)23(25)29)20(27)22-13(3)24-14(4)31-22/h9-10,12,19,26,28H,5-8,11H2,1-4H3. The van der Waals surface area contributed by atoms with Gasteiger partial charge in [0, 0.05) is 6.54 Å². The second-order valence-corrected chi connectivity index (χ2v) is 8.71. The fraction of sp³-hybridized carbons (Fsp3) is 0.435. The third kappa shape index (κ3) is 4.44. The average Bonchev–Trinajstić information content (AvgIpc) is 3.20. The zero-order valence-corrected chi connectivity index (χ0v) is 19.1. The highest BCUT2D eigenvalue weighted by atomic mass is 32.1. The minimum atomic E-state index is -0.765. The molecule has 0 saturated heterocycles. The topological polar surface area (TPSA) is 100.0 Å². The first kappa shape index (κ1) is 22.8. The summed E-state index contributed by atoms with van der Waals surface area (Å²) >= 11 is 1.25. The summed E-state index contributed by atoms with van der Waals surface area (Å²) in [6.45, 7) is 8.18. The summed E-state index contributed by atoms with van der Waals surface area (Å²) in [5.74, 6) is -1.24. The maximum atomic E-state index is 13.5. The van der Waals surface area contributed by atoms with E-state index in [-0.39, 0.29) is 17.1 Å². The SMILES string of the molecule is CCCCCN1C(=O)C(O)=C(C(=O)c2sc(C)nc2C)C1c1ccc(O)c(OCC)c1. The molecule has 0 fully saturated rings. The van der Waals surface area contributed by atoms with Crippen molar-refractivity contribution in [1.82, 2.24) is 9.88 Å². The Morgan fingerprint density at radius 1 is 1.23 bits per heavy atom. The van der Waals surface area contributed by atoms with E-state index in [1.165, 1.54) is 22.3 Å². The van der Waals surface area contributed by atoms with E-state index in [0.29, 0.717) is 29.3 Å². The fourth-order valence-corrected chi connectivity index (χ4v) is 4.71. The van der Waals surface area contributed by atoms with Gasteiger partial charge in [0.2, 0.25) is 5.78 Å². The zero-order chi connectivity index (χ0) is 22.7. The number of aryl methyl sites for hydroxylation is 2. The summed E-state index contributed by atoms with van der Waals surface area (Å²) in [5, 5.41) is 21.6. The van der Waals surface area contributed by atoms with E-state index in [2.05, 4.69) is 11.9 Å². The summed E-state index contributed by atoms with van der Waals surface area (Å²) in [4.78, 5) is 32.7. The number of unbranched alkanes of at least 4 members (excludes halogenated alkanes) is 2. The Balaban J connectivity index is 2.10. The molecule has 1 atom stereocenters. The molecule has 0 spiro atoms. The monoisotopic (exact) mass is 444 g/mol. The van der Waals surface area contributed by atoms with Gasteiger partial charge in [0.15, 0.2) is 17.3 Å². The number of nitrogens with zero attached hydrogens (tertiary/aromatic N) is 2. The highest BCUT2D eigenvalue weighted by Gasteiger charge is 2.44. The van der Waals surface area contributed by atoms with Crippen LogP contribution in [0.4, 0.5) is 0 Å². The molecule has 1 unspecified atom stereocenters. The van der Waals surface area contributed by atoms with E-state index in [0.717, 1.165) is 24.3 Å². The molecule has 1 aromatic carbocycles. The fourth-order valence-electron chi connectivity index (χ4n) is 3.83. The van der Waals surface area contributed by atoms with E-state index in [9.17, 15) is 19.8 Å². The van der Waals surface area contributed by atoms with E-state index in [1.54, 1.807) is 26.0 Å². The van der Waals surface area contributed by atoms with Gasteiger partial charge in [0.05, 0.1) is 33.8 Å². The minimum Gasteiger partial charge on any atom is -0.504 e. The van der Waals surface area contributed by atoms with E-state index in [1.807, 2.05) is 6.92 Å². The smallest absolute Gasteiger partial charge is 0.290 e. The normalized spacial score (nSPS) is 16.3. The van der Waals surface area contributed by atoms with Crippen LogP contribution >= 0.6 is 11.3 Å². The maximum Gasteiger partial charge on any atom is 0.290 e. The lowest BCUT2D eigenvalue weighted by Gasteiger charge is -2.27. The number of carbonyl (C=O) groups is 2. The first-order valence-electron chi connectivity index (χ1n) is 10.5. The maximum absolute atomic E-state index is 13.5. The van der Waals surface area contributed by atoms with E-state index >= 15 is 0 Å². The Labute approximate surface area is 186 Å². The predicted molar refractivity (Wildman–Crippen MR) is 119 cm³/mol. The van der Waals surface area contributed by atoms with Gasteiger partial charge < -0.3 is 19.8 Å². The van der Waals surface area contributed by atoms with Crippen molar-refractivity contribution in [1.29, 1.82) is 0 Å². The molecule has 8 heteroatoms. The van der Waals surface area contributed by atoms with Gasteiger partial charge >= 0.3 is 0 Å². The van der Waals surface area contributed by atoms with Crippen LogP contribution in [0.5, 0.6) is 11.5 Å². The molecule has 0 radical (unpaired) electrons. The lowest BCUT2D eigenvalue weighted by atomic mass is 9.94. The first-order chi connectivity index (χ1) is 14.8. The number of hydrogen-bond donors (Lipinski definition) is 2. The summed E-state index contributed by atoms with van der Waals surface area (Å²) in [6.07, 6.45) is 2.65. The number of hydrogen-bond acceptors (Lipinski definition) is 7. The Bertz CT molecular complexity index is 1030. The van der Waals surface area contributed by atoms with Crippen LogP contribution in [0.1, 0.15) is 65.1 Å². The average molecular weight is 445 g/mol. The summed E-state index contributed by atoms with van der Waals surface area (Å²) in [6, 6.07) is 3.99. The predicted octanol–water partition coefficient (Wildman–Crippen LogP) is 4.63. The van der Waals surface area contributed by atoms with Gasteiger partial charge in [0.25, 0.3) is 5.91 Å². The third-order valence-electron chi connectivity index (χ3n) is 5.26. The molecule has 1 aliphatic heterocycles. The summed E-state index contributed by atoms with van der Waals surface area (Å²) in [5.41, 5.74) is 1.21. The van der Waals surface area contributed by atoms with Crippen molar-refractivity contribution in [3.8, 4) is 11.5 Å². The molecule has 0 saturated carbocycles. The van der Waals surface area contributed by atoms with Crippen LogP contribution in [0.2, 0.25) is 0 Å². The number of aromatic hydroxyl groups is 1. The molecule has 1 amide bonds. The number of Topliss-reactive ketones (excluding diaryl/α,β-unsaturated/α-hetero) is 1. The lowest BCUT2D eigenvalue weighted by molar-refractivity contribution is -0.129. The molecule has 166 valence electrons. The highest BCUT2D eigenvalue weighted by Crippen LogP contribution is 2.42. The number of ketones is 1. The molecule has 2 aromatic rings. The van der Waals surface area contributed by atoms with Crippen LogP contribution in [0.15, 0.2) is 29.5 Å². The molecule has 1 aliphatic rings. The highest BCUT2D eigenvalue weighted by molar-refractivity contribution is 7.14. The second-order valence-electron chi connectivity index (χ2n) is 7.51. The molecule has 7 nitrogen and oxygen atoms in total. The number of thiazole rings is 1. The number of benzene rings is 1. The Morgan fingerprint density at radius 2 is 1.97 bits per heavy atom. The first-order valence-corrected chi connectivity index (χ1v) is 11.3. The molecule has 31 heavy (non-hydrogen) atoms. The van der Waals surface area contributed by atoms with E-state index in [4.69, 9.17) is 4.74 Å². The van der Waals surface area contributed by atoms with Crippen LogP contribution in [-0.2, 0) is 4.79 Å². The van der Waals surface area contributed by atoms with Crippen molar-refractivity contribution < 1.29 is 24.5 Å². The minimum absolute atomic E-state index is 0.0255. The van der Waals surface area contributed by atoms with Gasteiger partial charge in [-0.3, -0.25) is 9.59 Å². The van der Waals surface area contributed by atoms with Gasteiger partial charge in [-0.25, -0.2) is 4.98 Å². The van der Waals surface area contributed by atoms with Crippen LogP contribution < -0.4 is 4.74 Å². The van der Waals surface area contributed by atoms with Crippen molar-refractivity contribution in [2.75, 3.05) is 13.2 Å². The number of amides is 1. The number of ether oxygens (including phenoxy) is 1. The van der Waals surface area contributed by atoms with Crippen molar-refractivity contribution >= 4 is 23.0 Å². The molecule has 0 aliphatic carbocycles. The van der Waals surface area contributed by atoms with Crippen molar-refractivity contribution in [2.24, 2.45) is 0 Å². The van der Waals surface area contributed by atoms with Gasteiger partial charge in [-0.1, -0.05) is 25.8 Å². The number of phenols is 1. The Hall–Kier alpha value is -2.87. The second kappa shape index (κ2) is 9.51. The van der Waals surface area contributed by atoms with Gasteiger partial charge in [0.1, 0.15) is 0 Å². The Morgan fingerprint density at radius 3 is 2.58 bits per heavy atom. The van der Waals surface area contributed by atoms with Gasteiger partial charge in [-0.15, -0.1) is 11.3 Å². The Kier molecular flexibility index (Phi) is 7.00. The molecule has 2 heterocycles. The molecule has 3 rings (SSSR count). The van der Waals surface area contributed by atoms with Crippen LogP contribution in [-0.4, -0.2) is 44.9 Å². The third-order valence-corrected chi connectivity index (χ3v) is 6.33. The van der Waals surface area contributed by atoms with E-state index < -0.39 is 23.5 Å². The van der Waals surface area contributed by atoms with Crippen LogP contribution in [0.3, 0.4) is 0 Å². The largest absolute Gasteiger partial charge is 0.504 e.